The van der Waals surface area contributed by atoms with Crippen LogP contribution in [0.4, 0.5) is 0 Å². The zero-order valence-corrected chi connectivity index (χ0v) is 15.5. The van der Waals surface area contributed by atoms with Crippen LogP contribution >= 0.6 is 0 Å². The monoisotopic (exact) mass is 328 g/mol. The molecule has 2 aliphatic rings. The van der Waals surface area contributed by atoms with Crippen molar-refractivity contribution in [3.8, 4) is 0 Å². The first kappa shape index (κ1) is 17.5. The van der Waals surface area contributed by atoms with E-state index in [1.54, 1.807) is 0 Å². The maximum Gasteiger partial charge on any atom is 0.223 e. The molecule has 0 saturated carbocycles. The molecule has 1 aromatic carbocycles. The van der Waals surface area contributed by atoms with Gasteiger partial charge in [0.15, 0.2) is 0 Å². The minimum absolute atomic E-state index is 0.311. The maximum atomic E-state index is 12.8. The van der Waals surface area contributed by atoms with Gasteiger partial charge in [-0.2, -0.15) is 0 Å². The molecule has 2 fully saturated rings. The molecule has 3 heteroatoms. The van der Waals surface area contributed by atoms with E-state index in [4.69, 9.17) is 0 Å². The van der Waals surface area contributed by atoms with Crippen molar-refractivity contribution in [2.24, 2.45) is 5.41 Å². The summed E-state index contributed by atoms with van der Waals surface area (Å²) in [6.45, 7) is 9.97. The van der Waals surface area contributed by atoms with Crippen molar-refractivity contribution < 1.29 is 4.79 Å². The summed E-state index contributed by atoms with van der Waals surface area (Å²) in [6, 6.07) is 11.4. The van der Waals surface area contributed by atoms with E-state index < -0.39 is 0 Å². The van der Waals surface area contributed by atoms with Gasteiger partial charge in [-0.1, -0.05) is 57.5 Å². The molecule has 0 N–H and O–H groups in total. The van der Waals surface area contributed by atoms with E-state index in [-0.39, 0.29) is 0 Å². The normalized spacial score (nSPS) is 26.1. The van der Waals surface area contributed by atoms with Crippen LogP contribution in [0.5, 0.6) is 0 Å². The van der Waals surface area contributed by atoms with Crippen LogP contribution < -0.4 is 0 Å². The lowest BCUT2D eigenvalue weighted by Gasteiger charge is -2.39. The summed E-state index contributed by atoms with van der Waals surface area (Å²) in [4.78, 5) is 17.7. The van der Waals surface area contributed by atoms with Crippen molar-refractivity contribution in [2.45, 2.75) is 71.5 Å². The molecule has 0 unspecified atom stereocenters. The van der Waals surface area contributed by atoms with Crippen molar-refractivity contribution in [2.75, 3.05) is 13.1 Å². The highest BCUT2D eigenvalue weighted by molar-refractivity contribution is 5.76. The summed E-state index contributed by atoms with van der Waals surface area (Å²) >= 11 is 0. The smallest absolute Gasteiger partial charge is 0.223 e. The Bertz CT molecular complexity index is 549. The fourth-order valence-corrected chi connectivity index (χ4v) is 4.39. The maximum absolute atomic E-state index is 12.8. The molecule has 2 aliphatic heterocycles. The number of likely N-dealkylation sites (tertiary alicyclic amines) is 2. The molecule has 2 atom stereocenters. The zero-order valence-electron chi connectivity index (χ0n) is 15.5. The lowest BCUT2D eigenvalue weighted by Crippen LogP contribution is -2.49. The first-order chi connectivity index (χ1) is 11.4. The van der Waals surface area contributed by atoms with Gasteiger partial charge in [0.2, 0.25) is 5.91 Å². The van der Waals surface area contributed by atoms with Crippen molar-refractivity contribution in [1.82, 2.24) is 9.80 Å². The highest BCUT2D eigenvalue weighted by Crippen LogP contribution is 2.33. The third-order valence-corrected chi connectivity index (χ3v) is 5.36. The predicted octanol–water partition coefficient (Wildman–Crippen LogP) is 4.08. The molecule has 3 rings (SSSR count). The molecular formula is C21H32N2O. The standard InChI is InChI=1S/C21H32N2O/c1-21(2,3)16-22-14-13-19-18(22)11-7-8-12-20(24)23(19)15-17-9-5-4-6-10-17/h4-6,9-10,18-19H,7-8,11-16H2,1-3H3/t18-,19+/m1/s1. The van der Waals surface area contributed by atoms with E-state index in [1.807, 2.05) is 6.07 Å². The van der Waals surface area contributed by atoms with E-state index in [0.29, 0.717) is 23.4 Å². The Kier molecular flexibility index (Phi) is 5.29. The number of hydrogen-bond acceptors (Lipinski definition) is 2. The van der Waals surface area contributed by atoms with Crippen LogP contribution in [-0.4, -0.2) is 40.9 Å². The van der Waals surface area contributed by atoms with Gasteiger partial charge in [-0.3, -0.25) is 9.69 Å². The largest absolute Gasteiger partial charge is 0.334 e. The van der Waals surface area contributed by atoms with E-state index in [1.165, 1.54) is 18.4 Å². The summed E-state index contributed by atoms with van der Waals surface area (Å²) in [6.07, 6.45) is 5.30. The SMILES string of the molecule is CC(C)(C)CN1CC[C@H]2[C@H]1CCCCC(=O)N2Cc1ccccc1. The Labute approximate surface area is 147 Å². The summed E-state index contributed by atoms with van der Waals surface area (Å²) in [5.74, 6) is 0.353. The highest BCUT2D eigenvalue weighted by Gasteiger charge is 2.41. The number of carbonyl (C=O) groups is 1. The molecular weight excluding hydrogens is 296 g/mol. The Hall–Kier alpha value is -1.35. The molecule has 1 aromatic rings. The number of benzene rings is 1. The van der Waals surface area contributed by atoms with Crippen molar-refractivity contribution in [3.63, 3.8) is 0 Å². The summed E-state index contributed by atoms with van der Waals surface area (Å²) in [5.41, 5.74) is 1.56. The van der Waals surface area contributed by atoms with Gasteiger partial charge in [-0.05, 0) is 30.2 Å². The molecule has 0 bridgehead atoms. The number of carbonyl (C=O) groups excluding carboxylic acids is 1. The predicted molar refractivity (Wildman–Crippen MR) is 98.7 cm³/mol. The Morgan fingerprint density at radius 1 is 1.04 bits per heavy atom. The van der Waals surface area contributed by atoms with Gasteiger partial charge in [0.05, 0.1) is 0 Å². The Balaban J connectivity index is 1.79. The second kappa shape index (κ2) is 7.26. The lowest BCUT2D eigenvalue weighted by atomic mass is 9.93. The number of nitrogens with zero attached hydrogens (tertiary/aromatic N) is 2. The van der Waals surface area contributed by atoms with Crippen LogP contribution in [0.25, 0.3) is 0 Å². The summed E-state index contributed by atoms with van der Waals surface area (Å²) < 4.78 is 0. The van der Waals surface area contributed by atoms with Crippen molar-refractivity contribution in [1.29, 1.82) is 0 Å². The molecule has 2 saturated heterocycles. The van der Waals surface area contributed by atoms with Crippen LogP contribution in [0.2, 0.25) is 0 Å². The summed E-state index contributed by atoms with van der Waals surface area (Å²) in [5, 5.41) is 0. The average Bonchev–Trinajstić information content (AvgIpc) is 2.88. The molecule has 0 spiro atoms. The number of amides is 1. The minimum Gasteiger partial charge on any atom is -0.334 e. The highest BCUT2D eigenvalue weighted by atomic mass is 16.2. The van der Waals surface area contributed by atoms with Gasteiger partial charge in [0, 0.05) is 38.1 Å². The van der Waals surface area contributed by atoms with Crippen LogP contribution in [0.15, 0.2) is 30.3 Å². The van der Waals surface area contributed by atoms with Gasteiger partial charge >= 0.3 is 0 Å². The van der Waals surface area contributed by atoms with E-state index in [9.17, 15) is 4.79 Å². The van der Waals surface area contributed by atoms with Crippen LogP contribution in [0.3, 0.4) is 0 Å². The number of hydrogen-bond donors (Lipinski definition) is 0. The molecule has 24 heavy (non-hydrogen) atoms. The fourth-order valence-electron chi connectivity index (χ4n) is 4.39. The second-order valence-electron chi connectivity index (χ2n) is 8.71. The van der Waals surface area contributed by atoms with Crippen LogP contribution in [0, 0.1) is 5.41 Å². The number of fused-ring (bicyclic) bond motifs is 1. The van der Waals surface area contributed by atoms with Gasteiger partial charge in [0.1, 0.15) is 0 Å². The fraction of sp³-hybridized carbons (Fsp3) is 0.667. The molecule has 132 valence electrons. The van der Waals surface area contributed by atoms with Crippen molar-refractivity contribution >= 4 is 5.91 Å². The van der Waals surface area contributed by atoms with Gasteiger partial charge in [-0.25, -0.2) is 0 Å². The first-order valence-corrected chi connectivity index (χ1v) is 9.51. The Morgan fingerprint density at radius 2 is 1.79 bits per heavy atom. The summed E-state index contributed by atoms with van der Waals surface area (Å²) in [7, 11) is 0. The van der Waals surface area contributed by atoms with Gasteiger partial charge in [0.25, 0.3) is 0 Å². The van der Waals surface area contributed by atoms with Crippen LogP contribution in [0.1, 0.15) is 58.4 Å². The third kappa shape index (κ3) is 4.18. The third-order valence-electron chi connectivity index (χ3n) is 5.36. The van der Waals surface area contributed by atoms with Gasteiger partial charge in [-0.15, -0.1) is 0 Å². The van der Waals surface area contributed by atoms with Crippen LogP contribution in [-0.2, 0) is 11.3 Å². The second-order valence-corrected chi connectivity index (χ2v) is 8.71. The van der Waals surface area contributed by atoms with Gasteiger partial charge < -0.3 is 4.90 Å². The molecule has 0 aliphatic carbocycles. The average molecular weight is 328 g/mol. The lowest BCUT2D eigenvalue weighted by molar-refractivity contribution is -0.135. The first-order valence-electron chi connectivity index (χ1n) is 9.51. The molecule has 1 amide bonds. The van der Waals surface area contributed by atoms with E-state index in [2.05, 4.69) is 54.8 Å². The minimum atomic E-state index is 0.311. The van der Waals surface area contributed by atoms with Crippen molar-refractivity contribution in [3.05, 3.63) is 35.9 Å². The Morgan fingerprint density at radius 3 is 2.50 bits per heavy atom. The zero-order chi connectivity index (χ0) is 17.2. The molecule has 2 heterocycles. The number of rotatable bonds is 3. The molecule has 0 radical (unpaired) electrons. The molecule has 3 nitrogen and oxygen atoms in total. The van der Waals surface area contributed by atoms with E-state index in [0.717, 1.165) is 38.9 Å². The van der Waals surface area contributed by atoms with E-state index >= 15 is 0 Å². The quantitative estimate of drug-likeness (QED) is 0.835. The topological polar surface area (TPSA) is 23.6 Å². The molecule has 0 aromatic heterocycles.